The Morgan fingerprint density at radius 1 is 1.28 bits per heavy atom. The first kappa shape index (κ1) is 13.3. The first-order chi connectivity index (χ1) is 8.43. The highest BCUT2D eigenvalue weighted by molar-refractivity contribution is 7.17. The van der Waals surface area contributed by atoms with E-state index in [4.69, 9.17) is 0 Å². The molecule has 0 amide bonds. The van der Waals surface area contributed by atoms with E-state index < -0.39 is 0 Å². The van der Waals surface area contributed by atoms with Crippen LogP contribution in [0, 0.1) is 5.92 Å². The van der Waals surface area contributed by atoms with Crippen LogP contribution in [0.2, 0.25) is 0 Å². The van der Waals surface area contributed by atoms with Crippen LogP contribution in [0.25, 0.3) is 10.1 Å². The molecule has 0 aliphatic rings. The summed E-state index contributed by atoms with van der Waals surface area (Å²) < 4.78 is 1.37. The Bertz CT molecular complexity index is 560. The predicted octanol–water partition coefficient (Wildman–Crippen LogP) is 4.58. The minimum Gasteiger partial charge on any atom is -0.303 e. The quantitative estimate of drug-likeness (QED) is 0.738. The summed E-state index contributed by atoms with van der Waals surface area (Å²) in [6, 6.07) is 6.60. The Balaban J connectivity index is 2.54. The number of carbonyl (C=O) groups is 1. The van der Waals surface area contributed by atoms with Crippen LogP contribution in [-0.2, 0) is 16.6 Å². The van der Waals surface area contributed by atoms with Crippen LogP contribution in [0.1, 0.15) is 38.8 Å². The van der Waals surface area contributed by atoms with E-state index in [0.29, 0.717) is 0 Å². The Hall–Kier alpha value is -1.15. The van der Waals surface area contributed by atoms with Crippen molar-refractivity contribution in [3.8, 4) is 0 Å². The van der Waals surface area contributed by atoms with Crippen molar-refractivity contribution >= 4 is 27.7 Å². The Morgan fingerprint density at radius 2 is 2.00 bits per heavy atom. The molecule has 0 bridgehead atoms. The molecule has 1 nitrogen and oxygen atoms in total. The molecule has 0 fully saturated rings. The van der Waals surface area contributed by atoms with Gasteiger partial charge in [0.15, 0.2) is 0 Å². The van der Waals surface area contributed by atoms with Crippen LogP contribution < -0.4 is 0 Å². The van der Waals surface area contributed by atoms with E-state index in [0.717, 1.165) is 12.7 Å². The molecular weight excluding hydrogens is 240 g/mol. The minimum atomic E-state index is 0.0913. The van der Waals surface area contributed by atoms with E-state index in [1.807, 2.05) is 6.92 Å². The maximum Gasteiger partial charge on any atom is 0.123 e. The molecule has 18 heavy (non-hydrogen) atoms. The summed E-state index contributed by atoms with van der Waals surface area (Å²) in [5.41, 5.74) is 2.85. The highest BCUT2D eigenvalue weighted by Gasteiger charge is 2.19. The molecule has 1 atom stereocenters. The summed E-state index contributed by atoms with van der Waals surface area (Å²) in [6.45, 7) is 8.71. The van der Waals surface area contributed by atoms with Crippen molar-refractivity contribution in [1.29, 1.82) is 0 Å². The molecule has 0 saturated heterocycles. The van der Waals surface area contributed by atoms with Gasteiger partial charge < -0.3 is 4.79 Å². The van der Waals surface area contributed by atoms with Crippen molar-refractivity contribution in [1.82, 2.24) is 0 Å². The van der Waals surface area contributed by atoms with Crippen molar-refractivity contribution in [2.24, 2.45) is 5.92 Å². The van der Waals surface area contributed by atoms with Crippen LogP contribution >= 0.6 is 11.3 Å². The van der Waals surface area contributed by atoms with Gasteiger partial charge >= 0.3 is 0 Å². The molecule has 0 aliphatic heterocycles. The van der Waals surface area contributed by atoms with Gasteiger partial charge in [-0.3, -0.25) is 0 Å². The third-order valence-electron chi connectivity index (χ3n) is 3.29. The van der Waals surface area contributed by atoms with Gasteiger partial charge in [0.25, 0.3) is 0 Å². The number of aldehydes is 1. The SMILES string of the molecule is CC(C=O)Cc1ccc(C(C)(C)C)c2sccc12. The van der Waals surface area contributed by atoms with Crippen molar-refractivity contribution in [2.75, 3.05) is 0 Å². The predicted molar refractivity (Wildman–Crippen MR) is 79.5 cm³/mol. The van der Waals surface area contributed by atoms with Crippen LogP contribution in [0.3, 0.4) is 0 Å². The molecule has 2 aromatic rings. The van der Waals surface area contributed by atoms with Crippen LogP contribution in [0.5, 0.6) is 0 Å². The van der Waals surface area contributed by atoms with Crippen molar-refractivity contribution in [3.05, 3.63) is 34.7 Å². The van der Waals surface area contributed by atoms with Gasteiger partial charge in [-0.2, -0.15) is 0 Å². The first-order valence-electron chi connectivity index (χ1n) is 6.38. The molecule has 1 unspecified atom stereocenters. The largest absolute Gasteiger partial charge is 0.303 e. The standard InChI is InChI=1S/C16H20OS/c1-11(10-17)9-12-5-6-14(16(2,3)4)15-13(12)7-8-18-15/h5-8,10-11H,9H2,1-4H3. The van der Waals surface area contributed by atoms with Crippen LogP contribution in [0.15, 0.2) is 23.6 Å². The van der Waals surface area contributed by atoms with E-state index in [2.05, 4.69) is 44.4 Å². The van der Waals surface area contributed by atoms with Crippen molar-refractivity contribution in [2.45, 2.75) is 39.5 Å². The molecular formula is C16H20OS. The molecule has 0 aliphatic carbocycles. The molecule has 0 radical (unpaired) electrons. The van der Waals surface area contributed by atoms with Crippen molar-refractivity contribution in [3.63, 3.8) is 0 Å². The fourth-order valence-electron chi connectivity index (χ4n) is 2.28. The number of hydrogen-bond acceptors (Lipinski definition) is 2. The lowest BCUT2D eigenvalue weighted by Gasteiger charge is -2.21. The number of rotatable bonds is 3. The minimum absolute atomic E-state index is 0.0913. The summed E-state index contributed by atoms with van der Waals surface area (Å²) in [6.07, 6.45) is 1.87. The van der Waals surface area contributed by atoms with Crippen molar-refractivity contribution < 1.29 is 4.79 Å². The van der Waals surface area contributed by atoms with Gasteiger partial charge in [0, 0.05) is 10.6 Å². The highest BCUT2D eigenvalue weighted by atomic mass is 32.1. The zero-order chi connectivity index (χ0) is 13.3. The topological polar surface area (TPSA) is 17.1 Å². The van der Waals surface area contributed by atoms with E-state index in [1.165, 1.54) is 21.2 Å². The smallest absolute Gasteiger partial charge is 0.123 e. The summed E-state index contributed by atoms with van der Waals surface area (Å²) in [5, 5.41) is 3.47. The maximum atomic E-state index is 10.8. The van der Waals surface area contributed by atoms with E-state index in [9.17, 15) is 4.79 Å². The lowest BCUT2D eigenvalue weighted by Crippen LogP contribution is -2.11. The highest BCUT2D eigenvalue weighted by Crippen LogP contribution is 2.35. The van der Waals surface area contributed by atoms with Gasteiger partial charge in [-0.05, 0) is 39.8 Å². The van der Waals surface area contributed by atoms with Gasteiger partial charge in [0.1, 0.15) is 6.29 Å². The third-order valence-corrected chi connectivity index (χ3v) is 4.24. The molecule has 1 aromatic carbocycles. The van der Waals surface area contributed by atoms with Gasteiger partial charge in [-0.1, -0.05) is 39.8 Å². The fourth-order valence-corrected chi connectivity index (χ4v) is 3.45. The monoisotopic (exact) mass is 260 g/mol. The molecule has 2 rings (SSSR count). The zero-order valence-electron chi connectivity index (χ0n) is 11.5. The Kier molecular flexibility index (Phi) is 3.58. The molecule has 0 spiro atoms. The molecule has 1 aromatic heterocycles. The number of carbonyl (C=O) groups excluding carboxylic acids is 1. The normalized spacial score (nSPS) is 13.8. The maximum absolute atomic E-state index is 10.8. The summed E-state index contributed by atoms with van der Waals surface area (Å²) >= 11 is 1.80. The van der Waals surface area contributed by atoms with Gasteiger partial charge in [-0.25, -0.2) is 0 Å². The summed E-state index contributed by atoms with van der Waals surface area (Å²) in [5.74, 6) is 0.0913. The first-order valence-corrected chi connectivity index (χ1v) is 7.26. The fraction of sp³-hybridized carbons (Fsp3) is 0.438. The molecule has 2 heteroatoms. The van der Waals surface area contributed by atoms with E-state index in [1.54, 1.807) is 11.3 Å². The van der Waals surface area contributed by atoms with Gasteiger partial charge in [0.2, 0.25) is 0 Å². The second-order valence-electron chi connectivity index (χ2n) is 6.00. The third kappa shape index (κ3) is 2.49. The van der Waals surface area contributed by atoms with E-state index >= 15 is 0 Å². The molecule has 0 N–H and O–H groups in total. The second-order valence-corrected chi connectivity index (χ2v) is 6.92. The van der Waals surface area contributed by atoms with Crippen LogP contribution in [-0.4, -0.2) is 6.29 Å². The molecule has 1 heterocycles. The number of hydrogen-bond donors (Lipinski definition) is 0. The lowest BCUT2D eigenvalue weighted by atomic mass is 9.85. The number of thiophene rings is 1. The Labute approximate surface area is 113 Å². The lowest BCUT2D eigenvalue weighted by molar-refractivity contribution is -0.110. The molecule has 96 valence electrons. The Morgan fingerprint density at radius 3 is 2.61 bits per heavy atom. The van der Waals surface area contributed by atoms with Gasteiger partial charge in [-0.15, -0.1) is 11.3 Å². The van der Waals surface area contributed by atoms with E-state index in [-0.39, 0.29) is 11.3 Å². The number of benzene rings is 1. The molecule has 0 saturated carbocycles. The summed E-state index contributed by atoms with van der Waals surface area (Å²) in [7, 11) is 0. The van der Waals surface area contributed by atoms with Crippen LogP contribution in [0.4, 0.5) is 0 Å². The second kappa shape index (κ2) is 4.85. The van der Waals surface area contributed by atoms with Gasteiger partial charge in [0.05, 0.1) is 0 Å². The zero-order valence-corrected chi connectivity index (χ0v) is 12.3. The number of fused-ring (bicyclic) bond motifs is 1. The average Bonchev–Trinajstić information content (AvgIpc) is 2.76. The summed E-state index contributed by atoms with van der Waals surface area (Å²) in [4.78, 5) is 10.8. The average molecular weight is 260 g/mol.